The van der Waals surface area contributed by atoms with E-state index in [-0.39, 0.29) is 11.6 Å². The maximum Gasteiger partial charge on any atom is 0.149 e. The molecule has 0 unspecified atom stereocenters. The van der Waals surface area contributed by atoms with E-state index in [1.807, 2.05) is 27.7 Å². The van der Waals surface area contributed by atoms with Crippen molar-refractivity contribution in [1.29, 1.82) is 0 Å². The molecule has 0 fully saturated rings. The molecule has 0 aliphatic heterocycles. The molecule has 0 saturated carbocycles. The van der Waals surface area contributed by atoms with Crippen molar-refractivity contribution in [2.24, 2.45) is 0 Å². The van der Waals surface area contributed by atoms with Gasteiger partial charge in [0.15, 0.2) is 0 Å². The standard InChI is InChI=1S/C15H30N2O2/c1-12(18)14(3,4)16-10-8-7-9-11-17-15(5,6)13(2)19/h16-17H,7-11H2,1-6H3. The molecule has 2 N–H and O–H groups in total. The first kappa shape index (κ1) is 18.3. The molecule has 0 aromatic heterocycles. The molecule has 19 heavy (non-hydrogen) atoms. The first-order valence-corrected chi connectivity index (χ1v) is 7.12. The Balaban J connectivity index is 3.63. The minimum atomic E-state index is -0.422. The summed E-state index contributed by atoms with van der Waals surface area (Å²) in [6.45, 7) is 12.6. The highest BCUT2D eigenvalue weighted by atomic mass is 16.1. The van der Waals surface area contributed by atoms with Crippen molar-refractivity contribution in [1.82, 2.24) is 10.6 Å². The molecule has 0 rings (SSSR count). The van der Waals surface area contributed by atoms with E-state index >= 15 is 0 Å². The summed E-state index contributed by atoms with van der Waals surface area (Å²) in [5.74, 6) is 0.328. The van der Waals surface area contributed by atoms with Gasteiger partial charge in [0, 0.05) is 0 Å². The summed E-state index contributed by atoms with van der Waals surface area (Å²) in [6.07, 6.45) is 3.17. The fourth-order valence-corrected chi connectivity index (χ4v) is 1.48. The Morgan fingerprint density at radius 2 is 1.05 bits per heavy atom. The number of ketones is 2. The highest BCUT2D eigenvalue weighted by molar-refractivity contribution is 5.85. The molecule has 0 bridgehead atoms. The Hall–Kier alpha value is -0.740. The normalized spacial score (nSPS) is 12.5. The fourth-order valence-electron chi connectivity index (χ4n) is 1.48. The smallest absolute Gasteiger partial charge is 0.149 e. The quantitative estimate of drug-likeness (QED) is 0.597. The number of unbranched alkanes of at least 4 members (excludes halogenated alkanes) is 2. The predicted molar refractivity (Wildman–Crippen MR) is 79.4 cm³/mol. The Kier molecular flexibility index (Phi) is 7.45. The molecule has 4 heteroatoms. The second-order valence-corrected chi connectivity index (χ2v) is 6.28. The molecular formula is C15H30N2O2. The number of carbonyl (C=O) groups is 2. The van der Waals surface area contributed by atoms with Crippen LogP contribution < -0.4 is 10.6 Å². The molecule has 0 aliphatic rings. The van der Waals surface area contributed by atoms with Gasteiger partial charge in [-0.2, -0.15) is 0 Å². The number of hydrogen-bond donors (Lipinski definition) is 2. The van der Waals surface area contributed by atoms with Crippen molar-refractivity contribution in [3.63, 3.8) is 0 Å². The summed E-state index contributed by atoms with van der Waals surface area (Å²) in [4.78, 5) is 22.6. The van der Waals surface area contributed by atoms with Gasteiger partial charge in [-0.25, -0.2) is 0 Å². The van der Waals surface area contributed by atoms with Crippen LogP contribution in [0.5, 0.6) is 0 Å². The Bertz CT molecular complexity index is 279. The molecule has 0 amide bonds. The number of carbonyl (C=O) groups excluding carboxylic acids is 2. The van der Waals surface area contributed by atoms with Crippen LogP contribution in [0.25, 0.3) is 0 Å². The van der Waals surface area contributed by atoms with Crippen LogP contribution in [-0.2, 0) is 9.59 Å². The summed E-state index contributed by atoms with van der Waals surface area (Å²) >= 11 is 0. The van der Waals surface area contributed by atoms with Gasteiger partial charge < -0.3 is 10.6 Å². The zero-order chi connectivity index (χ0) is 15.1. The van der Waals surface area contributed by atoms with Crippen LogP contribution in [0.1, 0.15) is 60.8 Å². The van der Waals surface area contributed by atoms with Gasteiger partial charge in [0.2, 0.25) is 0 Å². The monoisotopic (exact) mass is 270 g/mol. The molecule has 0 aliphatic carbocycles. The third-order valence-corrected chi connectivity index (χ3v) is 3.75. The topological polar surface area (TPSA) is 58.2 Å². The Morgan fingerprint density at radius 3 is 1.32 bits per heavy atom. The summed E-state index contributed by atoms with van der Waals surface area (Å²) in [5.41, 5.74) is -0.844. The zero-order valence-electron chi connectivity index (χ0n) is 13.4. The number of rotatable bonds is 10. The lowest BCUT2D eigenvalue weighted by molar-refractivity contribution is -0.122. The molecule has 0 radical (unpaired) electrons. The summed E-state index contributed by atoms with van der Waals surface area (Å²) < 4.78 is 0. The van der Waals surface area contributed by atoms with Crippen LogP contribution in [0.2, 0.25) is 0 Å². The summed E-state index contributed by atoms with van der Waals surface area (Å²) in [6, 6.07) is 0. The molecule has 0 saturated heterocycles. The van der Waals surface area contributed by atoms with E-state index in [0.717, 1.165) is 32.4 Å². The van der Waals surface area contributed by atoms with Crippen LogP contribution >= 0.6 is 0 Å². The van der Waals surface area contributed by atoms with Gasteiger partial charge in [-0.3, -0.25) is 9.59 Å². The molecule has 0 spiro atoms. The molecule has 112 valence electrons. The lowest BCUT2D eigenvalue weighted by atomic mass is 10.00. The highest BCUT2D eigenvalue weighted by Crippen LogP contribution is 2.06. The Labute approximate surface area is 117 Å². The lowest BCUT2D eigenvalue weighted by Crippen LogP contribution is -2.46. The van der Waals surface area contributed by atoms with Gasteiger partial charge in [0.05, 0.1) is 11.1 Å². The predicted octanol–water partition coefficient (Wildman–Crippen LogP) is 2.07. The van der Waals surface area contributed by atoms with Gasteiger partial charge in [-0.1, -0.05) is 6.42 Å². The van der Waals surface area contributed by atoms with Crippen molar-refractivity contribution in [3.05, 3.63) is 0 Å². The molecule has 4 nitrogen and oxygen atoms in total. The second kappa shape index (κ2) is 7.75. The van der Waals surface area contributed by atoms with Crippen molar-refractivity contribution in [3.8, 4) is 0 Å². The second-order valence-electron chi connectivity index (χ2n) is 6.28. The van der Waals surface area contributed by atoms with E-state index in [2.05, 4.69) is 10.6 Å². The van der Waals surface area contributed by atoms with Crippen LogP contribution in [0.15, 0.2) is 0 Å². The van der Waals surface area contributed by atoms with Gasteiger partial charge in [0.25, 0.3) is 0 Å². The fraction of sp³-hybridized carbons (Fsp3) is 0.867. The van der Waals surface area contributed by atoms with Crippen molar-refractivity contribution in [2.75, 3.05) is 13.1 Å². The molecule has 0 aromatic carbocycles. The average molecular weight is 270 g/mol. The molecule has 0 aromatic rings. The SMILES string of the molecule is CC(=O)C(C)(C)NCCCCCNC(C)(C)C(C)=O. The van der Waals surface area contributed by atoms with Crippen LogP contribution in [0.4, 0.5) is 0 Å². The zero-order valence-corrected chi connectivity index (χ0v) is 13.4. The molecule has 0 atom stereocenters. The van der Waals surface area contributed by atoms with Crippen molar-refractivity contribution in [2.45, 2.75) is 71.9 Å². The number of hydrogen-bond acceptors (Lipinski definition) is 4. The van der Waals surface area contributed by atoms with Crippen LogP contribution in [-0.4, -0.2) is 35.7 Å². The Morgan fingerprint density at radius 1 is 0.737 bits per heavy atom. The van der Waals surface area contributed by atoms with Gasteiger partial charge >= 0.3 is 0 Å². The van der Waals surface area contributed by atoms with E-state index in [4.69, 9.17) is 0 Å². The number of nitrogens with one attached hydrogen (secondary N) is 2. The minimum absolute atomic E-state index is 0.164. The average Bonchev–Trinajstić information content (AvgIpc) is 2.27. The maximum absolute atomic E-state index is 11.3. The summed E-state index contributed by atoms with van der Waals surface area (Å²) in [5, 5.41) is 6.52. The molecular weight excluding hydrogens is 240 g/mol. The van der Waals surface area contributed by atoms with Crippen molar-refractivity contribution >= 4 is 11.6 Å². The van der Waals surface area contributed by atoms with E-state index in [0.29, 0.717) is 0 Å². The van der Waals surface area contributed by atoms with E-state index in [1.54, 1.807) is 13.8 Å². The number of Topliss-reactive ketones (excluding diaryl/α,β-unsaturated/α-hetero) is 2. The third kappa shape index (κ3) is 7.43. The van der Waals surface area contributed by atoms with Crippen molar-refractivity contribution < 1.29 is 9.59 Å². The third-order valence-electron chi connectivity index (χ3n) is 3.75. The van der Waals surface area contributed by atoms with E-state index in [1.165, 1.54) is 0 Å². The minimum Gasteiger partial charge on any atom is -0.305 e. The largest absolute Gasteiger partial charge is 0.305 e. The van der Waals surface area contributed by atoms with Crippen LogP contribution in [0, 0.1) is 0 Å². The first-order valence-electron chi connectivity index (χ1n) is 7.12. The summed E-state index contributed by atoms with van der Waals surface area (Å²) in [7, 11) is 0. The van der Waals surface area contributed by atoms with Gasteiger partial charge in [0.1, 0.15) is 11.6 Å². The maximum atomic E-state index is 11.3. The van der Waals surface area contributed by atoms with Crippen LogP contribution in [0.3, 0.4) is 0 Å². The van der Waals surface area contributed by atoms with Gasteiger partial charge in [-0.05, 0) is 67.5 Å². The van der Waals surface area contributed by atoms with Gasteiger partial charge in [-0.15, -0.1) is 0 Å². The lowest BCUT2D eigenvalue weighted by Gasteiger charge is -2.24. The van der Waals surface area contributed by atoms with E-state index in [9.17, 15) is 9.59 Å². The first-order chi connectivity index (χ1) is 8.59. The highest BCUT2D eigenvalue weighted by Gasteiger charge is 2.22. The van der Waals surface area contributed by atoms with E-state index < -0.39 is 11.1 Å². The molecule has 0 heterocycles.